The molecule has 0 spiro atoms. The molecule has 0 saturated heterocycles. The molecule has 0 atom stereocenters. The number of nitrogen functional groups attached to an aromatic ring is 1. The van der Waals surface area contributed by atoms with Crippen LogP contribution in [0.4, 0.5) is 5.69 Å². The van der Waals surface area contributed by atoms with Crippen molar-refractivity contribution in [2.45, 2.75) is 10.6 Å². The molecule has 0 amide bonds. The third-order valence-corrected chi connectivity index (χ3v) is 3.19. The van der Waals surface area contributed by atoms with Gasteiger partial charge in [-0.2, -0.15) is 0 Å². The number of anilines is 1. The highest BCUT2D eigenvalue weighted by molar-refractivity contribution is 7.98. The molecule has 1 aromatic heterocycles. The van der Waals surface area contributed by atoms with Crippen LogP contribution in [0.1, 0.15) is 5.69 Å². The molecule has 2 rings (SSSR count). The molecule has 2 aromatic rings. The van der Waals surface area contributed by atoms with Gasteiger partial charge in [0.15, 0.2) is 0 Å². The zero-order chi connectivity index (χ0) is 10.7. The van der Waals surface area contributed by atoms with Crippen LogP contribution in [0.25, 0.3) is 0 Å². The minimum Gasteiger partial charge on any atom is -0.399 e. The minimum atomic E-state index is 0.810. The van der Waals surface area contributed by atoms with Crippen LogP contribution in [0.3, 0.4) is 0 Å². The highest BCUT2D eigenvalue weighted by Gasteiger charge is 2.00. The van der Waals surface area contributed by atoms with E-state index in [1.807, 2.05) is 42.3 Å². The van der Waals surface area contributed by atoms with Crippen molar-refractivity contribution in [3.8, 4) is 0 Å². The normalized spacial score (nSPS) is 10.5. The summed E-state index contributed by atoms with van der Waals surface area (Å²) in [4.78, 5) is 5.27. The van der Waals surface area contributed by atoms with E-state index in [4.69, 9.17) is 5.73 Å². The second-order valence-corrected chi connectivity index (χ2v) is 4.41. The number of aromatic nitrogens is 2. The third kappa shape index (κ3) is 2.53. The lowest BCUT2D eigenvalue weighted by Crippen LogP contribution is -1.92. The van der Waals surface area contributed by atoms with E-state index >= 15 is 0 Å². The summed E-state index contributed by atoms with van der Waals surface area (Å²) in [6.07, 6.45) is 3.70. The molecule has 15 heavy (non-hydrogen) atoms. The number of thioether (sulfide) groups is 1. The van der Waals surface area contributed by atoms with E-state index in [0.717, 1.165) is 11.4 Å². The minimum absolute atomic E-state index is 0.810. The first kappa shape index (κ1) is 10.1. The second kappa shape index (κ2) is 4.40. The summed E-state index contributed by atoms with van der Waals surface area (Å²) in [5.41, 5.74) is 7.73. The zero-order valence-corrected chi connectivity index (χ0v) is 9.37. The van der Waals surface area contributed by atoms with Crippen molar-refractivity contribution < 1.29 is 0 Å². The van der Waals surface area contributed by atoms with Gasteiger partial charge >= 0.3 is 0 Å². The molecule has 0 bridgehead atoms. The maximum Gasteiger partial charge on any atom is 0.0945 e. The molecular formula is C11H13N3S. The molecule has 0 saturated carbocycles. The lowest BCUT2D eigenvalue weighted by Gasteiger charge is -2.03. The second-order valence-electron chi connectivity index (χ2n) is 3.36. The van der Waals surface area contributed by atoms with Gasteiger partial charge in [0.1, 0.15) is 0 Å². The lowest BCUT2D eigenvalue weighted by atomic mass is 10.3. The largest absolute Gasteiger partial charge is 0.399 e. The molecule has 0 radical (unpaired) electrons. The monoisotopic (exact) mass is 219 g/mol. The number of hydrogen-bond donors (Lipinski definition) is 1. The van der Waals surface area contributed by atoms with Gasteiger partial charge in [-0.15, -0.1) is 11.8 Å². The molecule has 3 nitrogen and oxygen atoms in total. The number of nitrogens with two attached hydrogens (primary N) is 1. The molecule has 0 aliphatic carbocycles. The Labute approximate surface area is 93.3 Å². The van der Waals surface area contributed by atoms with E-state index in [0.29, 0.717) is 0 Å². The van der Waals surface area contributed by atoms with Crippen molar-refractivity contribution in [2.75, 3.05) is 5.73 Å². The van der Waals surface area contributed by atoms with Crippen LogP contribution in [0.15, 0.2) is 41.7 Å². The summed E-state index contributed by atoms with van der Waals surface area (Å²) in [5.74, 6) is 0.917. The maximum absolute atomic E-state index is 5.71. The maximum atomic E-state index is 5.71. The average Bonchev–Trinajstić information content (AvgIpc) is 2.61. The standard InChI is InChI=1S/C11H13N3S/c1-14-8-13-6-10(14)7-15-11-4-2-3-9(12)5-11/h2-6,8H,7,12H2,1H3. The SMILES string of the molecule is Cn1cncc1CSc1cccc(N)c1. The summed E-state index contributed by atoms with van der Waals surface area (Å²) in [5, 5.41) is 0. The Bertz CT molecular complexity index is 451. The molecule has 0 fully saturated rings. The Morgan fingerprint density at radius 3 is 3.00 bits per heavy atom. The molecule has 4 heteroatoms. The molecular weight excluding hydrogens is 206 g/mol. The van der Waals surface area contributed by atoms with Crippen LogP contribution >= 0.6 is 11.8 Å². The Kier molecular flexibility index (Phi) is 2.97. The van der Waals surface area contributed by atoms with Gasteiger partial charge in [-0.25, -0.2) is 4.98 Å². The van der Waals surface area contributed by atoms with Gasteiger partial charge in [0.25, 0.3) is 0 Å². The summed E-state index contributed by atoms with van der Waals surface area (Å²) in [6, 6.07) is 7.92. The molecule has 0 aliphatic rings. The van der Waals surface area contributed by atoms with Crippen LogP contribution in [-0.4, -0.2) is 9.55 Å². The van der Waals surface area contributed by atoms with Gasteiger partial charge in [0, 0.05) is 35.3 Å². The van der Waals surface area contributed by atoms with Crippen LogP contribution in [0, 0.1) is 0 Å². The molecule has 78 valence electrons. The van der Waals surface area contributed by atoms with Crippen LogP contribution < -0.4 is 5.73 Å². The topological polar surface area (TPSA) is 43.8 Å². The van der Waals surface area contributed by atoms with Crippen molar-refractivity contribution in [2.24, 2.45) is 7.05 Å². The van der Waals surface area contributed by atoms with Crippen LogP contribution in [-0.2, 0) is 12.8 Å². The number of rotatable bonds is 3. The van der Waals surface area contributed by atoms with E-state index < -0.39 is 0 Å². The first-order valence-corrected chi connectivity index (χ1v) is 5.68. The van der Waals surface area contributed by atoms with Gasteiger partial charge in [-0.1, -0.05) is 6.07 Å². The van der Waals surface area contributed by atoms with E-state index in [1.54, 1.807) is 11.8 Å². The number of hydrogen-bond acceptors (Lipinski definition) is 3. The van der Waals surface area contributed by atoms with Gasteiger partial charge in [0.2, 0.25) is 0 Å². The fourth-order valence-electron chi connectivity index (χ4n) is 1.29. The molecule has 1 heterocycles. The Morgan fingerprint density at radius 2 is 2.33 bits per heavy atom. The molecule has 2 N–H and O–H groups in total. The Morgan fingerprint density at radius 1 is 1.47 bits per heavy atom. The fraction of sp³-hybridized carbons (Fsp3) is 0.182. The summed E-state index contributed by atoms with van der Waals surface area (Å²) >= 11 is 1.77. The van der Waals surface area contributed by atoms with Gasteiger partial charge in [0.05, 0.1) is 6.33 Å². The van der Waals surface area contributed by atoms with Crippen LogP contribution in [0.5, 0.6) is 0 Å². The van der Waals surface area contributed by atoms with Gasteiger partial charge < -0.3 is 10.3 Å². The summed E-state index contributed by atoms with van der Waals surface area (Å²) < 4.78 is 2.03. The average molecular weight is 219 g/mol. The molecule has 1 aromatic carbocycles. The van der Waals surface area contributed by atoms with E-state index in [9.17, 15) is 0 Å². The summed E-state index contributed by atoms with van der Waals surface area (Å²) in [6.45, 7) is 0. The van der Waals surface area contributed by atoms with Gasteiger partial charge in [-0.05, 0) is 18.2 Å². The van der Waals surface area contributed by atoms with Crippen molar-refractivity contribution >= 4 is 17.4 Å². The Hall–Kier alpha value is -1.42. The van der Waals surface area contributed by atoms with E-state index in [1.165, 1.54) is 10.6 Å². The summed E-state index contributed by atoms with van der Waals surface area (Å²) in [7, 11) is 2.00. The smallest absolute Gasteiger partial charge is 0.0945 e. The van der Waals surface area contributed by atoms with E-state index in [2.05, 4.69) is 11.1 Å². The predicted octanol–water partition coefficient (Wildman–Crippen LogP) is 2.29. The number of aryl methyl sites for hydroxylation is 1. The Balaban J connectivity index is 2.02. The quantitative estimate of drug-likeness (QED) is 0.636. The first-order chi connectivity index (χ1) is 7.25. The van der Waals surface area contributed by atoms with Crippen molar-refractivity contribution in [3.05, 3.63) is 42.5 Å². The van der Waals surface area contributed by atoms with Crippen molar-refractivity contribution in [3.63, 3.8) is 0 Å². The number of benzene rings is 1. The van der Waals surface area contributed by atoms with E-state index in [-0.39, 0.29) is 0 Å². The predicted molar refractivity (Wildman–Crippen MR) is 63.6 cm³/mol. The van der Waals surface area contributed by atoms with Crippen molar-refractivity contribution in [1.82, 2.24) is 9.55 Å². The molecule has 0 unspecified atom stereocenters. The number of nitrogens with zero attached hydrogens (tertiary/aromatic N) is 2. The third-order valence-electron chi connectivity index (χ3n) is 2.16. The van der Waals surface area contributed by atoms with Gasteiger partial charge in [-0.3, -0.25) is 0 Å². The number of imidazole rings is 1. The van der Waals surface area contributed by atoms with Crippen LogP contribution in [0.2, 0.25) is 0 Å². The zero-order valence-electron chi connectivity index (χ0n) is 8.55. The first-order valence-electron chi connectivity index (χ1n) is 4.69. The highest BCUT2D eigenvalue weighted by Crippen LogP contribution is 2.23. The highest BCUT2D eigenvalue weighted by atomic mass is 32.2. The lowest BCUT2D eigenvalue weighted by molar-refractivity contribution is 0.867. The fourth-order valence-corrected chi connectivity index (χ4v) is 2.27. The van der Waals surface area contributed by atoms with Crippen molar-refractivity contribution in [1.29, 1.82) is 0 Å². The molecule has 0 aliphatic heterocycles.